The predicted octanol–water partition coefficient (Wildman–Crippen LogP) is 3.07. The number of hydrogen-bond donors (Lipinski definition) is 1. The number of benzene rings is 1. The number of carbonyl (C=O) groups is 1. The van der Waals surface area contributed by atoms with Gasteiger partial charge in [0.05, 0.1) is 5.75 Å². The molecule has 0 atom stereocenters. The van der Waals surface area contributed by atoms with Crippen molar-refractivity contribution >= 4 is 17.5 Å². The van der Waals surface area contributed by atoms with Crippen LogP contribution in [0, 0.1) is 6.92 Å². The number of carbonyl (C=O) groups excluding carboxylic acids is 1. The number of rotatable bonds is 4. The maximum atomic E-state index is 11.9. The topological polar surface area (TPSA) is 50.2 Å². The summed E-state index contributed by atoms with van der Waals surface area (Å²) in [7, 11) is 0. The molecular formula is C14H13NO2S. The van der Waals surface area contributed by atoms with Gasteiger partial charge in [-0.25, -0.2) is 4.98 Å². The molecule has 18 heavy (non-hydrogen) atoms. The summed E-state index contributed by atoms with van der Waals surface area (Å²) in [6.45, 7) is 1.85. The quantitative estimate of drug-likeness (QED) is 0.677. The number of Topliss-reactive ketones (excluding diaryl/α,β-unsaturated/α-hetero) is 1. The first-order valence-electron chi connectivity index (χ1n) is 5.54. The van der Waals surface area contributed by atoms with Gasteiger partial charge in [-0.2, -0.15) is 0 Å². The van der Waals surface area contributed by atoms with E-state index in [0.717, 1.165) is 5.69 Å². The molecule has 3 nitrogen and oxygen atoms in total. The summed E-state index contributed by atoms with van der Waals surface area (Å²) in [5, 5.41) is 10.1. The van der Waals surface area contributed by atoms with Crippen molar-refractivity contribution in [2.75, 3.05) is 5.75 Å². The second-order valence-corrected chi connectivity index (χ2v) is 4.82. The molecule has 1 heterocycles. The molecule has 0 unspecified atom stereocenters. The van der Waals surface area contributed by atoms with Crippen LogP contribution in [-0.2, 0) is 0 Å². The molecule has 1 aromatic heterocycles. The molecule has 0 saturated heterocycles. The third kappa shape index (κ3) is 3.11. The van der Waals surface area contributed by atoms with Gasteiger partial charge in [-0.1, -0.05) is 42.1 Å². The lowest BCUT2D eigenvalue weighted by Gasteiger charge is -2.04. The van der Waals surface area contributed by atoms with E-state index in [2.05, 4.69) is 4.98 Å². The lowest BCUT2D eigenvalue weighted by Crippen LogP contribution is -2.02. The molecule has 0 aliphatic heterocycles. The number of thioether (sulfide) groups is 1. The average molecular weight is 259 g/mol. The smallest absolute Gasteiger partial charge is 0.173 e. The minimum Gasteiger partial charge on any atom is -0.505 e. The summed E-state index contributed by atoms with van der Waals surface area (Å²) in [5.74, 6) is 0.420. The highest BCUT2D eigenvalue weighted by Gasteiger charge is 2.09. The van der Waals surface area contributed by atoms with Gasteiger partial charge in [-0.15, -0.1) is 0 Å². The number of hydrogen-bond acceptors (Lipinski definition) is 4. The van der Waals surface area contributed by atoms with Crippen LogP contribution in [0.25, 0.3) is 0 Å². The molecule has 0 saturated carbocycles. The molecule has 0 spiro atoms. The average Bonchev–Trinajstić information content (AvgIpc) is 2.40. The summed E-state index contributed by atoms with van der Waals surface area (Å²) in [5.41, 5.74) is 1.50. The monoisotopic (exact) mass is 259 g/mol. The molecule has 0 bridgehead atoms. The van der Waals surface area contributed by atoms with Gasteiger partial charge in [-0.05, 0) is 19.1 Å². The Morgan fingerprint density at radius 2 is 1.94 bits per heavy atom. The molecule has 1 aromatic carbocycles. The third-order valence-corrected chi connectivity index (χ3v) is 3.40. The molecule has 0 fully saturated rings. The Balaban J connectivity index is 2.04. The first kappa shape index (κ1) is 12.6. The van der Waals surface area contributed by atoms with E-state index in [1.54, 1.807) is 24.3 Å². The van der Waals surface area contributed by atoms with Crippen molar-refractivity contribution in [2.45, 2.75) is 11.9 Å². The number of aryl methyl sites for hydroxylation is 1. The van der Waals surface area contributed by atoms with Crippen LogP contribution >= 0.6 is 11.8 Å². The second kappa shape index (κ2) is 5.69. The van der Waals surface area contributed by atoms with E-state index < -0.39 is 0 Å². The zero-order chi connectivity index (χ0) is 13.0. The van der Waals surface area contributed by atoms with Crippen molar-refractivity contribution in [2.24, 2.45) is 0 Å². The van der Waals surface area contributed by atoms with Gasteiger partial charge < -0.3 is 5.11 Å². The Morgan fingerprint density at radius 3 is 2.67 bits per heavy atom. The molecule has 0 aliphatic carbocycles. The molecule has 92 valence electrons. The number of aromatic nitrogens is 1. The van der Waals surface area contributed by atoms with E-state index in [1.165, 1.54) is 11.8 Å². The number of aromatic hydroxyl groups is 1. The van der Waals surface area contributed by atoms with Crippen molar-refractivity contribution in [3.63, 3.8) is 0 Å². The van der Waals surface area contributed by atoms with Crippen LogP contribution in [0.2, 0.25) is 0 Å². The minimum atomic E-state index is 0.0308. The van der Waals surface area contributed by atoms with Gasteiger partial charge >= 0.3 is 0 Å². The summed E-state index contributed by atoms with van der Waals surface area (Å²) >= 11 is 1.25. The highest BCUT2D eigenvalue weighted by Crippen LogP contribution is 2.26. The fraction of sp³-hybridized carbons (Fsp3) is 0.143. The van der Waals surface area contributed by atoms with Crippen LogP contribution in [0.1, 0.15) is 16.1 Å². The SMILES string of the molecule is Cc1ccc(O)c(SCC(=O)c2ccccc2)n1. The molecular weight excluding hydrogens is 246 g/mol. The van der Waals surface area contributed by atoms with E-state index in [0.29, 0.717) is 10.6 Å². The number of nitrogens with zero attached hydrogens (tertiary/aromatic N) is 1. The molecule has 1 N–H and O–H groups in total. The fourth-order valence-corrected chi connectivity index (χ4v) is 2.33. The maximum Gasteiger partial charge on any atom is 0.173 e. The first-order chi connectivity index (χ1) is 8.66. The molecule has 0 radical (unpaired) electrons. The minimum absolute atomic E-state index is 0.0308. The van der Waals surface area contributed by atoms with Crippen LogP contribution in [0.15, 0.2) is 47.5 Å². The van der Waals surface area contributed by atoms with Crippen LogP contribution in [0.3, 0.4) is 0 Å². The Hall–Kier alpha value is -1.81. The van der Waals surface area contributed by atoms with Crippen molar-refractivity contribution in [3.05, 3.63) is 53.7 Å². The van der Waals surface area contributed by atoms with Gasteiger partial charge in [0.1, 0.15) is 10.8 Å². The van der Waals surface area contributed by atoms with E-state index in [9.17, 15) is 9.90 Å². The standard InChI is InChI=1S/C14H13NO2S/c1-10-7-8-12(16)14(15-10)18-9-13(17)11-5-3-2-4-6-11/h2-8,16H,9H2,1H3. The number of ketones is 1. The largest absolute Gasteiger partial charge is 0.505 e. The summed E-state index contributed by atoms with van der Waals surface area (Å²) < 4.78 is 0. The van der Waals surface area contributed by atoms with Crippen molar-refractivity contribution < 1.29 is 9.90 Å². The van der Waals surface area contributed by atoms with Gasteiger partial charge in [0.15, 0.2) is 5.78 Å². The zero-order valence-corrected chi connectivity index (χ0v) is 10.8. The third-order valence-electron chi connectivity index (χ3n) is 2.42. The maximum absolute atomic E-state index is 11.9. The molecule has 0 aliphatic rings. The molecule has 2 rings (SSSR count). The second-order valence-electron chi connectivity index (χ2n) is 3.85. The normalized spacial score (nSPS) is 10.3. The summed E-state index contributed by atoms with van der Waals surface area (Å²) in [6.07, 6.45) is 0. The van der Waals surface area contributed by atoms with Crippen molar-refractivity contribution in [1.82, 2.24) is 4.98 Å². The van der Waals surface area contributed by atoms with Crippen LogP contribution in [-0.4, -0.2) is 21.6 Å². The summed E-state index contributed by atoms with van der Waals surface area (Å²) in [4.78, 5) is 16.1. The van der Waals surface area contributed by atoms with Crippen LogP contribution in [0.4, 0.5) is 0 Å². The van der Waals surface area contributed by atoms with Gasteiger partial charge in [0.2, 0.25) is 0 Å². The lowest BCUT2D eigenvalue weighted by atomic mass is 10.2. The Kier molecular flexibility index (Phi) is 3.99. The van der Waals surface area contributed by atoms with E-state index >= 15 is 0 Å². The fourth-order valence-electron chi connectivity index (χ4n) is 1.47. The van der Waals surface area contributed by atoms with Crippen molar-refractivity contribution in [3.8, 4) is 5.75 Å². The lowest BCUT2D eigenvalue weighted by molar-refractivity contribution is 0.102. The van der Waals surface area contributed by atoms with Crippen LogP contribution in [0.5, 0.6) is 5.75 Å². The Labute approximate surface area is 110 Å². The highest BCUT2D eigenvalue weighted by molar-refractivity contribution is 8.00. The Morgan fingerprint density at radius 1 is 1.22 bits per heavy atom. The first-order valence-corrected chi connectivity index (χ1v) is 6.53. The zero-order valence-electron chi connectivity index (χ0n) is 9.96. The van der Waals surface area contributed by atoms with Gasteiger partial charge in [0.25, 0.3) is 0 Å². The van der Waals surface area contributed by atoms with Gasteiger partial charge in [0, 0.05) is 11.3 Å². The van der Waals surface area contributed by atoms with Gasteiger partial charge in [-0.3, -0.25) is 4.79 Å². The van der Waals surface area contributed by atoms with Crippen LogP contribution < -0.4 is 0 Å². The molecule has 4 heteroatoms. The highest BCUT2D eigenvalue weighted by atomic mass is 32.2. The van der Waals surface area contributed by atoms with E-state index in [1.807, 2.05) is 25.1 Å². The van der Waals surface area contributed by atoms with E-state index in [-0.39, 0.29) is 17.3 Å². The predicted molar refractivity (Wildman–Crippen MR) is 72.1 cm³/mol. The Bertz CT molecular complexity index is 555. The molecule has 2 aromatic rings. The summed E-state index contributed by atoms with van der Waals surface area (Å²) in [6, 6.07) is 12.4. The number of pyridine rings is 1. The molecule has 0 amide bonds. The van der Waals surface area contributed by atoms with E-state index in [4.69, 9.17) is 0 Å². The van der Waals surface area contributed by atoms with Crippen molar-refractivity contribution in [1.29, 1.82) is 0 Å².